The fourth-order valence-electron chi connectivity index (χ4n) is 2.88. The molecular formula is C19H27ClN3O2+. The molecule has 2 heterocycles. The summed E-state index contributed by atoms with van der Waals surface area (Å²) in [5.41, 5.74) is 1.77. The number of ether oxygens (including phenoxy) is 1. The van der Waals surface area contributed by atoms with E-state index in [0.29, 0.717) is 19.0 Å². The summed E-state index contributed by atoms with van der Waals surface area (Å²) in [5.74, 6) is 0.714. The molecule has 1 amide bonds. The average molecular weight is 365 g/mol. The van der Waals surface area contributed by atoms with Crippen LogP contribution in [0.2, 0.25) is 0 Å². The quantitative estimate of drug-likeness (QED) is 0.605. The molecule has 1 aliphatic carbocycles. The second-order valence-corrected chi connectivity index (χ2v) is 8.40. The zero-order chi connectivity index (χ0) is 18.0. The van der Waals surface area contributed by atoms with E-state index in [0.717, 1.165) is 18.8 Å². The van der Waals surface area contributed by atoms with E-state index in [4.69, 9.17) is 16.3 Å². The minimum absolute atomic E-state index is 0.144. The number of halogens is 1. The maximum Gasteiger partial charge on any atom is 0.596 e. The number of hydrogen-bond acceptors (Lipinski definition) is 4. The number of pyridine rings is 1. The van der Waals surface area contributed by atoms with Gasteiger partial charge in [0.2, 0.25) is 0 Å². The lowest BCUT2D eigenvalue weighted by Gasteiger charge is -2.25. The molecule has 1 aliphatic heterocycles. The van der Waals surface area contributed by atoms with Crippen molar-refractivity contribution in [2.45, 2.75) is 50.5 Å². The lowest BCUT2D eigenvalue weighted by molar-refractivity contribution is -0.453. The van der Waals surface area contributed by atoms with Crippen molar-refractivity contribution in [3.63, 3.8) is 0 Å². The van der Waals surface area contributed by atoms with Crippen LogP contribution in [-0.4, -0.2) is 58.5 Å². The standard InChI is InChI=1S/C19H27ClN3O2/c1-19(2,3)25-18(24)23-10-8-22(9-11-23)13-16(20)17-7-6-15(12-21-17)14-4-5-14/h6-7,10,12,14,16H,4-5,8-9,11,13H2,1-3H3/q+1. The van der Waals surface area contributed by atoms with E-state index in [-0.39, 0.29) is 11.5 Å². The van der Waals surface area contributed by atoms with Crippen LogP contribution in [0.15, 0.2) is 18.3 Å². The van der Waals surface area contributed by atoms with E-state index < -0.39 is 5.60 Å². The second kappa shape index (κ2) is 7.42. The number of rotatable bonds is 4. The number of alkyl halides is 1. The highest BCUT2D eigenvalue weighted by Crippen LogP contribution is 2.39. The van der Waals surface area contributed by atoms with Gasteiger partial charge in [-0.3, -0.25) is 9.88 Å². The topological polar surface area (TPSA) is 45.4 Å². The van der Waals surface area contributed by atoms with Crippen LogP contribution in [0.25, 0.3) is 0 Å². The molecule has 1 aromatic heterocycles. The fourth-order valence-corrected chi connectivity index (χ4v) is 3.20. The van der Waals surface area contributed by atoms with E-state index >= 15 is 0 Å². The van der Waals surface area contributed by atoms with Crippen LogP contribution in [0.3, 0.4) is 0 Å². The Bertz CT molecular complexity index is 648. The van der Waals surface area contributed by atoms with Gasteiger partial charge in [-0.05, 0) is 51.2 Å². The van der Waals surface area contributed by atoms with Gasteiger partial charge in [-0.25, -0.2) is 0 Å². The van der Waals surface area contributed by atoms with Gasteiger partial charge in [-0.2, -0.15) is 4.79 Å². The van der Waals surface area contributed by atoms with Gasteiger partial charge in [0.05, 0.1) is 24.2 Å². The van der Waals surface area contributed by atoms with Gasteiger partial charge >= 0.3 is 6.09 Å². The lowest BCUT2D eigenvalue weighted by atomic mass is 10.1. The zero-order valence-electron chi connectivity index (χ0n) is 15.2. The first-order valence-electron chi connectivity index (χ1n) is 8.97. The Balaban J connectivity index is 1.51. The third-order valence-corrected chi connectivity index (χ3v) is 4.80. The maximum absolute atomic E-state index is 12.1. The van der Waals surface area contributed by atoms with Crippen LogP contribution in [-0.2, 0) is 4.74 Å². The first-order valence-corrected chi connectivity index (χ1v) is 9.41. The molecule has 1 atom stereocenters. The van der Waals surface area contributed by atoms with Crippen LogP contribution < -0.4 is 0 Å². The average Bonchev–Trinajstić information content (AvgIpc) is 3.39. The van der Waals surface area contributed by atoms with E-state index in [1.807, 2.05) is 39.2 Å². The van der Waals surface area contributed by atoms with E-state index in [1.54, 1.807) is 4.58 Å². The molecule has 0 N–H and O–H groups in total. The molecule has 0 spiro atoms. The third kappa shape index (κ3) is 5.25. The van der Waals surface area contributed by atoms with Crippen molar-refractivity contribution >= 4 is 23.9 Å². The number of aromatic nitrogens is 1. The molecular weight excluding hydrogens is 338 g/mol. The van der Waals surface area contributed by atoms with E-state index in [2.05, 4.69) is 16.0 Å². The van der Waals surface area contributed by atoms with Gasteiger partial charge in [0.15, 0.2) is 12.8 Å². The maximum atomic E-state index is 12.1. The first kappa shape index (κ1) is 18.3. The Morgan fingerprint density at radius 1 is 1.44 bits per heavy atom. The molecule has 136 valence electrons. The van der Waals surface area contributed by atoms with Gasteiger partial charge in [0.25, 0.3) is 0 Å². The molecule has 3 rings (SSSR count). The number of amides is 1. The molecule has 25 heavy (non-hydrogen) atoms. The smallest absolute Gasteiger partial charge is 0.406 e. The Morgan fingerprint density at radius 2 is 2.20 bits per heavy atom. The highest BCUT2D eigenvalue weighted by Gasteiger charge is 2.30. The number of carbonyl (C=O) groups is 1. The number of carbonyl (C=O) groups excluding carboxylic acids is 1. The molecule has 1 aromatic rings. The highest BCUT2D eigenvalue weighted by atomic mass is 35.5. The Labute approximate surface area is 154 Å². The minimum Gasteiger partial charge on any atom is -0.406 e. The number of hydrogen-bond donors (Lipinski definition) is 0. The van der Waals surface area contributed by atoms with Crippen LogP contribution >= 0.6 is 11.6 Å². The van der Waals surface area contributed by atoms with Crippen molar-refractivity contribution in [2.24, 2.45) is 0 Å². The van der Waals surface area contributed by atoms with Crippen molar-refractivity contribution in [1.82, 2.24) is 9.88 Å². The van der Waals surface area contributed by atoms with Gasteiger partial charge in [0.1, 0.15) is 5.60 Å². The second-order valence-electron chi connectivity index (χ2n) is 7.87. The van der Waals surface area contributed by atoms with Crippen LogP contribution in [0.1, 0.15) is 56.2 Å². The molecule has 0 saturated heterocycles. The molecule has 2 aliphatic rings. The largest absolute Gasteiger partial charge is 0.596 e. The van der Waals surface area contributed by atoms with Crippen LogP contribution in [0.4, 0.5) is 4.79 Å². The summed E-state index contributed by atoms with van der Waals surface area (Å²) < 4.78 is 7.05. The van der Waals surface area contributed by atoms with Crippen molar-refractivity contribution in [3.8, 4) is 0 Å². The zero-order valence-corrected chi connectivity index (χ0v) is 16.0. The first-order chi connectivity index (χ1) is 11.8. The third-order valence-electron chi connectivity index (χ3n) is 4.44. The predicted octanol–water partition coefficient (Wildman–Crippen LogP) is 3.57. The molecule has 1 saturated carbocycles. The normalized spacial score (nSPS) is 20.1. The predicted molar refractivity (Wildman–Crippen MR) is 98.7 cm³/mol. The number of nitrogens with zero attached hydrogens (tertiary/aromatic N) is 3. The van der Waals surface area contributed by atoms with Crippen LogP contribution in [0.5, 0.6) is 0 Å². The summed E-state index contributed by atoms with van der Waals surface area (Å²) in [6, 6.07) is 4.20. The van der Waals surface area contributed by atoms with Crippen molar-refractivity contribution in [1.29, 1.82) is 0 Å². The Kier molecular flexibility index (Phi) is 5.44. The lowest BCUT2D eigenvalue weighted by Crippen LogP contribution is -2.44. The fraction of sp³-hybridized carbons (Fsp3) is 0.632. The van der Waals surface area contributed by atoms with Gasteiger partial charge < -0.3 is 4.74 Å². The highest BCUT2D eigenvalue weighted by molar-refractivity contribution is 6.20. The SMILES string of the molecule is CC(C)(C)OC(=O)[N+]1=CCN(CC(Cl)c2ccc(C3CC3)cn2)CC1. The van der Waals surface area contributed by atoms with E-state index in [1.165, 1.54) is 18.4 Å². The van der Waals surface area contributed by atoms with Gasteiger partial charge in [-0.1, -0.05) is 6.07 Å². The summed E-state index contributed by atoms with van der Waals surface area (Å²) >= 11 is 6.55. The van der Waals surface area contributed by atoms with Crippen molar-refractivity contribution in [2.75, 3.05) is 26.2 Å². The molecule has 0 bridgehead atoms. The Morgan fingerprint density at radius 3 is 2.72 bits per heavy atom. The molecule has 1 fully saturated rings. The molecule has 1 unspecified atom stereocenters. The summed E-state index contributed by atoms with van der Waals surface area (Å²) in [6.45, 7) is 8.42. The summed E-state index contributed by atoms with van der Waals surface area (Å²) in [5, 5.41) is -0.144. The van der Waals surface area contributed by atoms with Crippen molar-refractivity contribution in [3.05, 3.63) is 29.6 Å². The van der Waals surface area contributed by atoms with Gasteiger partial charge in [-0.15, -0.1) is 16.2 Å². The van der Waals surface area contributed by atoms with Crippen LogP contribution in [0, 0.1) is 0 Å². The van der Waals surface area contributed by atoms with E-state index in [9.17, 15) is 4.79 Å². The molecule has 6 heteroatoms. The molecule has 0 radical (unpaired) electrons. The Hall–Kier alpha value is -1.46. The molecule has 5 nitrogen and oxygen atoms in total. The summed E-state index contributed by atoms with van der Waals surface area (Å²) in [4.78, 5) is 18.8. The minimum atomic E-state index is -0.471. The summed E-state index contributed by atoms with van der Waals surface area (Å²) in [6.07, 6.45) is 6.12. The molecule has 0 aromatic carbocycles. The van der Waals surface area contributed by atoms with Crippen molar-refractivity contribution < 1.29 is 14.1 Å². The van der Waals surface area contributed by atoms with Gasteiger partial charge in [0, 0.05) is 12.7 Å². The summed E-state index contributed by atoms with van der Waals surface area (Å²) in [7, 11) is 0. The monoisotopic (exact) mass is 364 g/mol.